The van der Waals surface area contributed by atoms with Crippen LogP contribution in [0.5, 0.6) is 0 Å². The molecule has 1 aliphatic heterocycles. The van der Waals surface area contributed by atoms with Gasteiger partial charge in [0.1, 0.15) is 17.6 Å². The van der Waals surface area contributed by atoms with E-state index in [1.54, 1.807) is 0 Å². The highest BCUT2D eigenvalue weighted by molar-refractivity contribution is 5.83. The van der Waals surface area contributed by atoms with Crippen LogP contribution in [0, 0.1) is 40.4 Å². The van der Waals surface area contributed by atoms with E-state index in [1.165, 1.54) is 54.5 Å². The van der Waals surface area contributed by atoms with E-state index in [9.17, 15) is 16.2 Å². The van der Waals surface area contributed by atoms with Gasteiger partial charge in [-0.05, 0) is 150 Å². The van der Waals surface area contributed by atoms with Crippen molar-refractivity contribution in [3.05, 3.63) is 127 Å². The Labute approximate surface area is 329 Å². The Hall–Kier alpha value is -4.62. The molecule has 1 saturated heterocycles. The number of aliphatic hydroxyl groups excluding tert-OH is 1. The highest BCUT2D eigenvalue weighted by Gasteiger charge is 2.60. The summed E-state index contributed by atoms with van der Waals surface area (Å²) in [4.78, 5) is 8.75. The minimum Gasteiger partial charge on any atom is -0.508 e. The molecule has 0 radical (unpaired) electrons. The zero-order valence-electron chi connectivity index (χ0n) is 32.7. The topological polar surface area (TPSA) is 139 Å². The molecule has 4 unspecified atom stereocenters. The highest BCUT2D eigenvalue weighted by Crippen LogP contribution is 2.68. The van der Waals surface area contributed by atoms with Crippen molar-refractivity contribution in [2.24, 2.45) is 50.6 Å². The number of rotatable bonds is 8. The number of nitrogens with zero attached hydrogens (tertiary/aromatic N) is 7. The number of allylic oxidation sites excluding steroid dienone is 6. The minimum atomic E-state index is -0.436. The van der Waals surface area contributed by atoms with Crippen molar-refractivity contribution in [2.45, 2.75) is 82.7 Å². The second-order valence-corrected chi connectivity index (χ2v) is 19.3. The first-order chi connectivity index (χ1) is 27.2. The predicted molar refractivity (Wildman–Crippen MR) is 218 cm³/mol. The van der Waals surface area contributed by atoms with Crippen molar-refractivity contribution < 1.29 is 14.6 Å². The number of ether oxygens (including phenoxy) is 2. The average molecular weight is 752 g/mol. The third-order valence-electron chi connectivity index (χ3n) is 15.2. The molecule has 1 spiro atoms. The van der Waals surface area contributed by atoms with Crippen molar-refractivity contribution in [1.29, 1.82) is 0 Å². The summed E-state index contributed by atoms with van der Waals surface area (Å²) in [5, 5.41) is 20.5. The maximum absolute atomic E-state index is 12.3. The molecule has 5 saturated carbocycles. The number of fused-ring (bicyclic) bond motifs is 7. The summed E-state index contributed by atoms with van der Waals surface area (Å²) in [6.07, 6.45) is 15.7. The molecule has 10 heteroatoms. The van der Waals surface area contributed by atoms with Crippen LogP contribution in [0.1, 0.15) is 87.8 Å². The third kappa shape index (κ3) is 5.87. The first-order valence-corrected chi connectivity index (χ1v) is 21.0. The van der Waals surface area contributed by atoms with Crippen LogP contribution in [-0.2, 0) is 14.9 Å². The molecule has 2 aromatic carbocycles. The lowest BCUT2D eigenvalue weighted by atomic mass is 9.50. The van der Waals surface area contributed by atoms with Crippen molar-refractivity contribution in [1.82, 2.24) is 0 Å². The second kappa shape index (κ2) is 13.5. The Morgan fingerprint density at radius 2 is 1.48 bits per heavy atom. The van der Waals surface area contributed by atoms with Gasteiger partial charge in [0.2, 0.25) is 0 Å². The number of hydrogen-bond acceptors (Lipinski definition) is 6. The Kier molecular flexibility index (Phi) is 8.63. The van der Waals surface area contributed by atoms with Gasteiger partial charge in [0.15, 0.2) is 0 Å². The zero-order chi connectivity index (χ0) is 38.2. The molecule has 2 aromatic rings. The van der Waals surface area contributed by atoms with Gasteiger partial charge in [-0.15, -0.1) is 0 Å². The van der Waals surface area contributed by atoms with Crippen molar-refractivity contribution in [3.63, 3.8) is 0 Å². The van der Waals surface area contributed by atoms with Gasteiger partial charge in [-0.2, -0.15) is 0 Å². The van der Waals surface area contributed by atoms with E-state index in [0.717, 1.165) is 79.9 Å². The molecule has 1 N–H and O–H groups in total. The maximum Gasteiger partial charge on any atom is 0.124 e. The molecule has 6 fully saturated rings. The van der Waals surface area contributed by atoms with E-state index in [2.05, 4.69) is 106 Å². The summed E-state index contributed by atoms with van der Waals surface area (Å²) in [7, 11) is 0. The standard InChI is InChI=1S/C46H53N7O3/c1-44(26-49-51-47)23-45(2,27-50-52-48)25-46(24-44)38-6-4-3-5-34(38)42-37-21-41(56-43-31-16-28-15-29(18-31)19-32(43)17-28)35(20-36(37)40(54)22-39(42)46)30-7-9-33(10-8-30)53-11-13-55-14-12-53/h3-10,20-22,28-29,31-32,37,42-43,54H,11-19,23-27H2,1-2H3. The van der Waals surface area contributed by atoms with Gasteiger partial charge in [-0.1, -0.05) is 60.5 Å². The maximum atomic E-state index is 12.3. The van der Waals surface area contributed by atoms with Crippen LogP contribution in [0.3, 0.4) is 0 Å². The smallest absolute Gasteiger partial charge is 0.124 e. The van der Waals surface area contributed by atoms with Gasteiger partial charge < -0.3 is 19.5 Å². The largest absolute Gasteiger partial charge is 0.508 e. The number of morpholine rings is 1. The van der Waals surface area contributed by atoms with Crippen LogP contribution in [0.15, 0.2) is 99.7 Å². The third-order valence-corrected chi connectivity index (χ3v) is 15.2. The Morgan fingerprint density at radius 1 is 0.839 bits per heavy atom. The molecule has 4 bridgehead atoms. The van der Waals surface area contributed by atoms with E-state index in [1.807, 2.05) is 0 Å². The van der Waals surface area contributed by atoms with Gasteiger partial charge >= 0.3 is 0 Å². The SMILES string of the molecule is CC1(CN=[N+]=[N-])CC(C)(CN=[N+]=[N-])CC2(C1)C1=CC(O)=C3C=C(c4ccc(N5CCOCC5)cc4)C(OC4C5CC6CC(C5)CC4C6)=CC3C1c1ccccc12. The van der Waals surface area contributed by atoms with Crippen LogP contribution >= 0.6 is 0 Å². The van der Waals surface area contributed by atoms with Gasteiger partial charge in [-0.25, -0.2) is 0 Å². The zero-order valence-corrected chi connectivity index (χ0v) is 32.7. The molecular formula is C46H53N7O3. The monoisotopic (exact) mass is 751 g/mol. The molecule has 4 atom stereocenters. The van der Waals surface area contributed by atoms with Crippen LogP contribution < -0.4 is 4.90 Å². The lowest BCUT2D eigenvalue weighted by molar-refractivity contribution is -0.102. The average Bonchev–Trinajstić information content (AvgIpc) is 3.44. The first-order valence-electron chi connectivity index (χ1n) is 21.0. The number of hydrogen-bond donors (Lipinski definition) is 1. The van der Waals surface area contributed by atoms with Crippen molar-refractivity contribution in [3.8, 4) is 0 Å². The summed E-state index contributed by atoms with van der Waals surface area (Å²) < 4.78 is 13.1. The van der Waals surface area contributed by atoms with E-state index in [0.29, 0.717) is 30.7 Å². The Bertz CT molecular complexity index is 2090. The van der Waals surface area contributed by atoms with E-state index >= 15 is 0 Å². The normalized spacial score (nSPS) is 37.7. The molecule has 11 rings (SSSR count). The fourth-order valence-corrected chi connectivity index (χ4v) is 13.8. The van der Waals surface area contributed by atoms with Gasteiger partial charge in [-0.3, -0.25) is 0 Å². The molecule has 8 aliphatic carbocycles. The van der Waals surface area contributed by atoms with Crippen LogP contribution in [0.2, 0.25) is 0 Å². The molecule has 0 amide bonds. The first kappa shape index (κ1) is 35.8. The highest BCUT2D eigenvalue weighted by atomic mass is 16.5. The Balaban J connectivity index is 1.09. The fourth-order valence-electron chi connectivity index (χ4n) is 13.8. The molecule has 0 aromatic heterocycles. The summed E-state index contributed by atoms with van der Waals surface area (Å²) in [5.41, 5.74) is 25.8. The molecule has 10 nitrogen and oxygen atoms in total. The lowest BCUT2D eigenvalue weighted by Gasteiger charge is -2.54. The van der Waals surface area contributed by atoms with E-state index < -0.39 is 5.41 Å². The molecule has 1 heterocycles. The number of benzene rings is 2. The van der Waals surface area contributed by atoms with Crippen molar-refractivity contribution in [2.75, 3.05) is 44.3 Å². The molecule has 9 aliphatic rings. The van der Waals surface area contributed by atoms with Crippen molar-refractivity contribution >= 4 is 11.3 Å². The van der Waals surface area contributed by atoms with Crippen LogP contribution in [-0.4, -0.2) is 50.6 Å². The predicted octanol–water partition coefficient (Wildman–Crippen LogP) is 10.9. The quantitative estimate of drug-likeness (QED) is 0.163. The van der Waals surface area contributed by atoms with E-state index in [4.69, 9.17) is 9.47 Å². The van der Waals surface area contributed by atoms with Crippen LogP contribution in [0.4, 0.5) is 5.69 Å². The molecule has 56 heavy (non-hydrogen) atoms. The molecule has 290 valence electrons. The summed E-state index contributed by atoms with van der Waals surface area (Å²) in [6, 6.07) is 17.7. The van der Waals surface area contributed by atoms with Crippen LogP contribution in [0.25, 0.3) is 26.5 Å². The van der Waals surface area contributed by atoms with Gasteiger partial charge in [0.05, 0.1) is 13.2 Å². The van der Waals surface area contributed by atoms with E-state index in [-0.39, 0.29) is 28.8 Å². The summed E-state index contributed by atoms with van der Waals surface area (Å²) in [6.45, 7) is 8.41. The molecular weight excluding hydrogens is 699 g/mol. The van der Waals surface area contributed by atoms with Gasteiger partial charge in [0.25, 0.3) is 0 Å². The summed E-state index contributed by atoms with van der Waals surface area (Å²) >= 11 is 0. The number of azide groups is 2. The Morgan fingerprint density at radius 3 is 2.12 bits per heavy atom. The van der Waals surface area contributed by atoms with Gasteiger partial charge in [0, 0.05) is 70.1 Å². The summed E-state index contributed by atoms with van der Waals surface area (Å²) in [5.74, 6) is 4.05. The fraction of sp³-hybridized carbons (Fsp3) is 0.565. The number of aliphatic hydroxyl groups is 1. The number of anilines is 1. The second-order valence-electron chi connectivity index (χ2n) is 19.3. The lowest BCUT2D eigenvalue weighted by Crippen LogP contribution is -2.49. The minimum absolute atomic E-state index is 0.00114.